The number of carboxylic acid groups (broad SMARTS) is 1. The number of hydrogen-bond acceptors (Lipinski definition) is 4. The average Bonchev–Trinajstić information content (AvgIpc) is 3.02. The van der Waals surface area contributed by atoms with Crippen LogP contribution >= 0.6 is 0 Å². The summed E-state index contributed by atoms with van der Waals surface area (Å²) in [6, 6.07) is 7.99. The molecule has 0 saturated heterocycles. The highest BCUT2D eigenvalue weighted by Crippen LogP contribution is 2.28. The van der Waals surface area contributed by atoms with E-state index in [1.54, 1.807) is 4.52 Å². The van der Waals surface area contributed by atoms with Crippen LogP contribution in [0.4, 0.5) is 5.82 Å². The number of rotatable bonds is 3. The zero-order valence-electron chi connectivity index (χ0n) is 12.7. The monoisotopic (exact) mass is 310 g/mol. The summed E-state index contributed by atoms with van der Waals surface area (Å²) in [7, 11) is 0. The molecule has 0 aliphatic heterocycles. The molecule has 2 heterocycles. The fourth-order valence-corrected chi connectivity index (χ4v) is 3.37. The van der Waals surface area contributed by atoms with Crippen LogP contribution in [0.3, 0.4) is 0 Å². The van der Waals surface area contributed by atoms with Gasteiger partial charge in [0.2, 0.25) is 0 Å². The van der Waals surface area contributed by atoms with Gasteiger partial charge in [0.25, 0.3) is 0 Å². The Morgan fingerprint density at radius 1 is 1.22 bits per heavy atom. The Kier molecular flexibility index (Phi) is 3.37. The number of carboxylic acids is 1. The van der Waals surface area contributed by atoms with Gasteiger partial charge in [-0.25, -0.2) is 14.3 Å². The minimum atomic E-state index is -0.983. The van der Waals surface area contributed by atoms with Gasteiger partial charge in [-0.15, -0.1) is 0 Å². The molecule has 23 heavy (non-hydrogen) atoms. The second-order valence-electron chi connectivity index (χ2n) is 6.05. The van der Waals surface area contributed by atoms with Crippen LogP contribution in [-0.4, -0.2) is 31.7 Å². The summed E-state index contributed by atoms with van der Waals surface area (Å²) in [5.41, 5.74) is 2.34. The summed E-state index contributed by atoms with van der Waals surface area (Å²) >= 11 is 0. The summed E-state index contributed by atoms with van der Waals surface area (Å²) in [6.07, 6.45) is 7.26. The van der Waals surface area contributed by atoms with Crippen molar-refractivity contribution < 1.29 is 9.90 Å². The third-order valence-corrected chi connectivity index (χ3v) is 4.51. The Morgan fingerprint density at radius 2 is 2.00 bits per heavy atom. The van der Waals surface area contributed by atoms with E-state index in [4.69, 9.17) is 0 Å². The number of nitrogens with zero attached hydrogens (tertiary/aromatic N) is 3. The van der Waals surface area contributed by atoms with Crippen LogP contribution in [0.5, 0.6) is 0 Å². The number of aromatic nitrogens is 3. The lowest BCUT2D eigenvalue weighted by Gasteiger charge is -2.24. The van der Waals surface area contributed by atoms with E-state index in [9.17, 15) is 9.90 Å². The molecule has 0 bridgehead atoms. The maximum atomic E-state index is 11.5. The lowest BCUT2D eigenvalue weighted by Crippen LogP contribution is -2.23. The van der Waals surface area contributed by atoms with Crippen molar-refractivity contribution in [2.75, 3.05) is 5.32 Å². The summed E-state index contributed by atoms with van der Waals surface area (Å²) < 4.78 is 1.68. The van der Waals surface area contributed by atoms with Crippen molar-refractivity contribution in [2.24, 2.45) is 0 Å². The van der Waals surface area contributed by atoms with Crippen LogP contribution in [0.15, 0.2) is 30.5 Å². The van der Waals surface area contributed by atoms with Crippen molar-refractivity contribution >= 4 is 28.3 Å². The molecule has 0 amide bonds. The van der Waals surface area contributed by atoms with Crippen molar-refractivity contribution in [3.63, 3.8) is 0 Å². The van der Waals surface area contributed by atoms with E-state index in [2.05, 4.69) is 15.4 Å². The van der Waals surface area contributed by atoms with Gasteiger partial charge in [0.15, 0.2) is 5.82 Å². The molecule has 2 N–H and O–H groups in total. The number of carbonyl (C=O) groups is 1. The number of aromatic carboxylic acids is 1. The molecular formula is C17H18N4O2. The number of benzene rings is 1. The zero-order chi connectivity index (χ0) is 15.8. The first kappa shape index (κ1) is 14.0. The predicted octanol–water partition coefficient (Wildman–Crippen LogP) is 3.33. The number of nitrogens with one attached hydrogen (secondary N) is 1. The van der Waals surface area contributed by atoms with Crippen molar-refractivity contribution in [3.8, 4) is 0 Å². The molecule has 4 rings (SSSR count). The van der Waals surface area contributed by atoms with Gasteiger partial charge in [-0.2, -0.15) is 5.10 Å². The highest BCUT2D eigenvalue weighted by molar-refractivity contribution is 6.00. The molecule has 2 aromatic heterocycles. The van der Waals surface area contributed by atoms with E-state index in [0.29, 0.717) is 17.4 Å². The van der Waals surface area contributed by atoms with Crippen LogP contribution in [0.25, 0.3) is 16.6 Å². The second kappa shape index (κ2) is 5.53. The maximum Gasteiger partial charge on any atom is 0.339 e. The minimum Gasteiger partial charge on any atom is -0.478 e. The van der Waals surface area contributed by atoms with E-state index in [0.717, 1.165) is 23.9 Å². The van der Waals surface area contributed by atoms with E-state index >= 15 is 0 Å². The fourth-order valence-electron chi connectivity index (χ4n) is 3.37. The molecule has 6 nitrogen and oxygen atoms in total. The van der Waals surface area contributed by atoms with Gasteiger partial charge < -0.3 is 10.4 Å². The summed E-state index contributed by atoms with van der Waals surface area (Å²) in [5.74, 6) is -0.366. The molecule has 0 radical (unpaired) electrons. The second-order valence-corrected chi connectivity index (χ2v) is 6.05. The summed E-state index contributed by atoms with van der Waals surface area (Å²) in [6.45, 7) is 0. The average molecular weight is 310 g/mol. The quantitative estimate of drug-likeness (QED) is 0.775. The minimum absolute atomic E-state index is 0.182. The first-order valence-corrected chi connectivity index (χ1v) is 8.00. The van der Waals surface area contributed by atoms with Crippen molar-refractivity contribution in [2.45, 2.75) is 38.1 Å². The van der Waals surface area contributed by atoms with Gasteiger partial charge >= 0.3 is 5.97 Å². The number of para-hydroxylation sites is 2. The number of hydrogen-bond donors (Lipinski definition) is 2. The van der Waals surface area contributed by atoms with Crippen LogP contribution in [0.1, 0.15) is 42.5 Å². The molecule has 0 atom stereocenters. The fraction of sp³-hybridized carbons (Fsp3) is 0.353. The van der Waals surface area contributed by atoms with Crippen LogP contribution in [-0.2, 0) is 0 Å². The van der Waals surface area contributed by atoms with Gasteiger partial charge in [-0.05, 0) is 25.0 Å². The smallest absolute Gasteiger partial charge is 0.339 e. The molecule has 6 heteroatoms. The molecule has 1 aromatic carbocycles. The Labute approximate surface area is 133 Å². The van der Waals surface area contributed by atoms with Crippen molar-refractivity contribution in [1.29, 1.82) is 0 Å². The number of anilines is 1. The van der Waals surface area contributed by atoms with E-state index in [1.807, 2.05) is 24.3 Å². The van der Waals surface area contributed by atoms with E-state index < -0.39 is 5.97 Å². The first-order chi connectivity index (χ1) is 11.2. The van der Waals surface area contributed by atoms with Crippen LogP contribution in [0.2, 0.25) is 0 Å². The summed E-state index contributed by atoms with van der Waals surface area (Å²) in [5, 5.41) is 17.2. The topological polar surface area (TPSA) is 79.5 Å². The van der Waals surface area contributed by atoms with E-state index in [-0.39, 0.29) is 5.56 Å². The van der Waals surface area contributed by atoms with E-state index in [1.165, 1.54) is 25.5 Å². The lowest BCUT2D eigenvalue weighted by molar-refractivity contribution is 0.0699. The van der Waals surface area contributed by atoms with Crippen molar-refractivity contribution in [3.05, 3.63) is 36.0 Å². The maximum absolute atomic E-state index is 11.5. The van der Waals surface area contributed by atoms with Gasteiger partial charge in [-0.3, -0.25) is 0 Å². The number of fused-ring (bicyclic) bond motifs is 3. The molecule has 1 saturated carbocycles. The standard InChI is InChI=1S/C17H18N4O2/c22-17(23)12-10-18-21-14-9-5-4-8-13(14)20-16(15(12)21)19-11-6-2-1-3-7-11/h4-5,8-11H,1-3,6-7H2,(H,19,20)(H,22,23). The molecule has 3 aromatic rings. The SMILES string of the molecule is O=C(O)c1cnn2c1c(NC1CCCCC1)nc1ccccc12. The third kappa shape index (κ3) is 2.40. The van der Waals surface area contributed by atoms with Crippen molar-refractivity contribution in [1.82, 2.24) is 14.6 Å². The Bertz CT molecular complexity index is 881. The predicted molar refractivity (Wildman–Crippen MR) is 87.9 cm³/mol. The highest BCUT2D eigenvalue weighted by Gasteiger charge is 2.21. The molecule has 1 aliphatic rings. The highest BCUT2D eigenvalue weighted by atomic mass is 16.4. The Morgan fingerprint density at radius 3 is 2.78 bits per heavy atom. The summed E-state index contributed by atoms with van der Waals surface area (Å²) in [4.78, 5) is 16.2. The molecule has 0 unspecified atom stereocenters. The van der Waals surface area contributed by atoms with Crippen LogP contribution < -0.4 is 5.32 Å². The van der Waals surface area contributed by atoms with Gasteiger partial charge in [0.05, 0.1) is 17.2 Å². The van der Waals surface area contributed by atoms with Gasteiger partial charge in [0.1, 0.15) is 11.1 Å². The van der Waals surface area contributed by atoms with Gasteiger partial charge in [0, 0.05) is 6.04 Å². The molecule has 0 spiro atoms. The molecular weight excluding hydrogens is 292 g/mol. The molecule has 1 aliphatic carbocycles. The lowest BCUT2D eigenvalue weighted by atomic mass is 9.95. The Hall–Kier alpha value is -2.63. The molecule has 118 valence electrons. The van der Waals surface area contributed by atoms with Gasteiger partial charge in [-0.1, -0.05) is 31.4 Å². The largest absolute Gasteiger partial charge is 0.478 e. The zero-order valence-corrected chi connectivity index (χ0v) is 12.7. The first-order valence-electron chi connectivity index (χ1n) is 8.00. The Balaban J connectivity index is 1.91. The third-order valence-electron chi connectivity index (χ3n) is 4.51. The molecule has 1 fully saturated rings. The van der Waals surface area contributed by atoms with Crippen LogP contribution in [0, 0.1) is 0 Å². The normalized spacial score (nSPS) is 16.0.